The summed E-state index contributed by atoms with van der Waals surface area (Å²) < 4.78 is 20.2. The maximum absolute atomic E-state index is 14.2. The smallest absolute Gasteiger partial charge is 0.267 e. The van der Waals surface area contributed by atoms with Crippen LogP contribution < -0.4 is 5.32 Å². The van der Waals surface area contributed by atoms with Gasteiger partial charge in [0.1, 0.15) is 15.7 Å². The molecular weight excluding hydrogens is 459 g/mol. The van der Waals surface area contributed by atoms with Gasteiger partial charge in [-0.05, 0) is 43.4 Å². The van der Waals surface area contributed by atoms with E-state index in [1.807, 2.05) is 0 Å². The molecule has 2 aliphatic rings. The van der Waals surface area contributed by atoms with Crippen molar-refractivity contribution in [2.45, 2.75) is 25.7 Å². The van der Waals surface area contributed by atoms with Crippen molar-refractivity contribution in [3.8, 4) is 0 Å². The SMILES string of the molecule is O=C(Nc1sc2c(c1C(=O)N1CCOCC1)CCCC2)c1sc2cccc(F)c2c1Cl. The highest BCUT2D eigenvalue weighted by Crippen LogP contribution is 2.41. The Kier molecular flexibility index (Phi) is 5.73. The predicted molar refractivity (Wildman–Crippen MR) is 122 cm³/mol. The molecule has 1 aliphatic heterocycles. The molecule has 5 nitrogen and oxygen atoms in total. The zero-order chi connectivity index (χ0) is 21.5. The summed E-state index contributed by atoms with van der Waals surface area (Å²) in [5.74, 6) is -0.931. The second kappa shape index (κ2) is 8.50. The summed E-state index contributed by atoms with van der Waals surface area (Å²) in [6, 6.07) is 4.66. The topological polar surface area (TPSA) is 58.6 Å². The van der Waals surface area contributed by atoms with Crippen molar-refractivity contribution < 1.29 is 18.7 Å². The molecule has 2 aromatic heterocycles. The number of hydrogen-bond acceptors (Lipinski definition) is 5. The number of rotatable bonds is 3. The molecule has 1 saturated heterocycles. The molecule has 1 aliphatic carbocycles. The van der Waals surface area contributed by atoms with Crippen molar-refractivity contribution in [1.82, 2.24) is 4.90 Å². The predicted octanol–water partition coefficient (Wildman–Crippen LogP) is 5.36. The first-order valence-corrected chi connectivity index (χ1v) is 12.2. The largest absolute Gasteiger partial charge is 0.378 e. The molecule has 3 heterocycles. The van der Waals surface area contributed by atoms with Gasteiger partial charge in [-0.3, -0.25) is 9.59 Å². The van der Waals surface area contributed by atoms with Crippen molar-refractivity contribution in [3.05, 3.63) is 49.9 Å². The molecule has 1 aromatic carbocycles. The fourth-order valence-electron chi connectivity index (χ4n) is 4.18. The van der Waals surface area contributed by atoms with Gasteiger partial charge in [0.2, 0.25) is 0 Å². The number of hydrogen-bond donors (Lipinski definition) is 1. The van der Waals surface area contributed by atoms with Crippen molar-refractivity contribution >= 4 is 61.2 Å². The second-order valence-corrected chi connectivity index (χ2v) is 10.2. The fourth-order valence-corrected chi connectivity index (χ4v) is 6.91. The quantitative estimate of drug-likeness (QED) is 0.551. The minimum absolute atomic E-state index is 0.0634. The Hall–Kier alpha value is -2.00. The van der Waals surface area contributed by atoms with Crippen LogP contribution in [-0.4, -0.2) is 43.0 Å². The number of carbonyl (C=O) groups excluding carboxylic acids is 2. The molecule has 0 atom stereocenters. The van der Waals surface area contributed by atoms with Crippen LogP contribution in [0.4, 0.5) is 9.39 Å². The van der Waals surface area contributed by atoms with Crippen LogP contribution in [0.1, 0.15) is 43.3 Å². The molecule has 0 spiro atoms. The van der Waals surface area contributed by atoms with Gasteiger partial charge in [-0.15, -0.1) is 22.7 Å². The Balaban J connectivity index is 1.51. The molecule has 5 rings (SSSR count). The molecule has 0 saturated carbocycles. The Morgan fingerprint density at radius 1 is 1.13 bits per heavy atom. The highest BCUT2D eigenvalue weighted by Gasteiger charge is 2.31. The first kappa shape index (κ1) is 20.9. The summed E-state index contributed by atoms with van der Waals surface area (Å²) in [6.07, 6.45) is 3.85. The van der Waals surface area contributed by atoms with Gasteiger partial charge in [0.05, 0.1) is 23.8 Å². The average molecular weight is 479 g/mol. The number of carbonyl (C=O) groups is 2. The summed E-state index contributed by atoms with van der Waals surface area (Å²) in [5.41, 5.74) is 1.65. The Bertz CT molecular complexity index is 1180. The number of benzene rings is 1. The van der Waals surface area contributed by atoms with Crippen molar-refractivity contribution in [2.24, 2.45) is 0 Å². The molecule has 0 bridgehead atoms. The molecule has 9 heteroatoms. The number of morpholine rings is 1. The van der Waals surface area contributed by atoms with E-state index >= 15 is 0 Å². The van der Waals surface area contributed by atoms with Crippen molar-refractivity contribution in [2.75, 3.05) is 31.6 Å². The van der Waals surface area contributed by atoms with Crippen LogP contribution in [0, 0.1) is 5.82 Å². The molecular formula is C22H20ClFN2O3S2. The summed E-state index contributed by atoms with van der Waals surface area (Å²) in [6.45, 7) is 2.11. The highest BCUT2D eigenvalue weighted by molar-refractivity contribution is 7.22. The van der Waals surface area contributed by atoms with Crippen LogP contribution in [0.25, 0.3) is 10.1 Å². The fraction of sp³-hybridized carbons (Fsp3) is 0.364. The van der Waals surface area contributed by atoms with E-state index < -0.39 is 11.7 Å². The third-order valence-corrected chi connectivity index (χ3v) is 8.57. The Morgan fingerprint density at radius 3 is 2.68 bits per heavy atom. The van der Waals surface area contributed by atoms with E-state index in [-0.39, 0.29) is 21.2 Å². The highest BCUT2D eigenvalue weighted by atomic mass is 35.5. The van der Waals surface area contributed by atoms with Crippen molar-refractivity contribution in [1.29, 1.82) is 0 Å². The Labute approximate surface area is 191 Å². The van der Waals surface area contributed by atoms with E-state index in [9.17, 15) is 14.0 Å². The van der Waals surface area contributed by atoms with Gasteiger partial charge in [0, 0.05) is 28.1 Å². The zero-order valence-corrected chi connectivity index (χ0v) is 19.0. The third kappa shape index (κ3) is 3.75. The standard InChI is InChI=1S/C22H20ClFN2O3S2/c23-18-17-13(24)5-3-7-15(17)30-19(18)20(27)25-21-16(12-4-1-2-6-14(12)31-21)22(28)26-8-10-29-11-9-26/h3,5,7H,1-2,4,6,8-11H2,(H,25,27). The monoisotopic (exact) mass is 478 g/mol. The lowest BCUT2D eigenvalue weighted by atomic mass is 9.95. The lowest BCUT2D eigenvalue weighted by Gasteiger charge is -2.27. The van der Waals surface area contributed by atoms with E-state index in [0.717, 1.165) is 47.5 Å². The lowest BCUT2D eigenvalue weighted by molar-refractivity contribution is 0.0303. The second-order valence-electron chi connectivity index (χ2n) is 7.63. The number of ether oxygens (including phenoxy) is 1. The summed E-state index contributed by atoms with van der Waals surface area (Å²) in [5, 5.41) is 3.86. The number of aryl methyl sites for hydroxylation is 1. The number of halogens is 2. The first-order chi connectivity index (χ1) is 15.0. The molecule has 1 fully saturated rings. The minimum Gasteiger partial charge on any atom is -0.378 e. The van der Waals surface area contributed by atoms with Gasteiger partial charge in [-0.2, -0.15) is 0 Å². The maximum Gasteiger partial charge on any atom is 0.267 e. The third-order valence-electron chi connectivity index (χ3n) is 5.72. The van der Waals surface area contributed by atoms with Crippen LogP contribution in [-0.2, 0) is 17.6 Å². The van der Waals surface area contributed by atoms with E-state index in [4.69, 9.17) is 16.3 Å². The molecule has 1 N–H and O–H groups in total. The van der Waals surface area contributed by atoms with Gasteiger partial charge in [-0.25, -0.2) is 4.39 Å². The molecule has 2 amide bonds. The number of nitrogens with zero attached hydrogens (tertiary/aromatic N) is 1. The van der Waals surface area contributed by atoms with Crippen LogP contribution >= 0.6 is 34.3 Å². The number of nitrogens with one attached hydrogen (secondary N) is 1. The summed E-state index contributed by atoms with van der Waals surface area (Å²) in [4.78, 5) is 29.7. The normalized spacial score (nSPS) is 16.4. The van der Waals surface area contributed by atoms with Gasteiger partial charge in [0.25, 0.3) is 11.8 Å². The number of amides is 2. The average Bonchev–Trinajstić information content (AvgIpc) is 3.32. The number of fused-ring (bicyclic) bond motifs is 2. The summed E-state index contributed by atoms with van der Waals surface area (Å²) in [7, 11) is 0. The van der Waals surface area contributed by atoms with E-state index in [1.165, 1.54) is 17.4 Å². The lowest BCUT2D eigenvalue weighted by Crippen LogP contribution is -2.41. The molecule has 162 valence electrons. The Morgan fingerprint density at radius 2 is 1.90 bits per heavy atom. The van der Waals surface area contributed by atoms with Crippen LogP contribution in [0.3, 0.4) is 0 Å². The van der Waals surface area contributed by atoms with E-state index in [2.05, 4.69) is 5.32 Å². The number of thiophene rings is 2. The zero-order valence-electron chi connectivity index (χ0n) is 16.6. The summed E-state index contributed by atoms with van der Waals surface area (Å²) >= 11 is 8.99. The van der Waals surface area contributed by atoms with Gasteiger partial charge >= 0.3 is 0 Å². The maximum atomic E-state index is 14.2. The number of anilines is 1. The first-order valence-electron chi connectivity index (χ1n) is 10.2. The molecule has 3 aromatic rings. The van der Waals surface area contributed by atoms with Crippen LogP contribution in [0.15, 0.2) is 18.2 Å². The van der Waals surface area contributed by atoms with Gasteiger partial charge < -0.3 is 15.0 Å². The molecule has 31 heavy (non-hydrogen) atoms. The van der Waals surface area contributed by atoms with Crippen molar-refractivity contribution in [3.63, 3.8) is 0 Å². The van der Waals surface area contributed by atoms with Gasteiger partial charge in [-0.1, -0.05) is 17.7 Å². The molecule has 0 radical (unpaired) electrons. The molecule has 0 unspecified atom stereocenters. The van der Waals surface area contributed by atoms with E-state index in [1.54, 1.807) is 17.0 Å². The van der Waals surface area contributed by atoms with Crippen LogP contribution in [0.5, 0.6) is 0 Å². The van der Waals surface area contributed by atoms with E-state index in [0.29, 0.717) is 41.6 Å². The van der Waals surface area contributed by atoms with Crippen LogP contribution in [0.2, 0.25) is 5.02 Å². The van der Waals surface area contributed by atoms with Gasteiger partial charge in [0.15, 0.2) is 0 Å². The minimum atomic E-state index is -0.451.